The summed E-state index contributed by atoms with van der Waals surface area (Å²) in [4.78, 5) is 39.0. The van der Waals surface area contributed by atoms with Gasteiger partial charge in [0.25, 0.3) is 5.91 Å². The van der Waals surface area contributed by atoms with Gasteiger partial charge in [-0.05, 0) is 43.3 Å². The first-order valence-electron chi connectivity index (χ1n) is 9.17. The zero-order chi connectivity index (χ0) is 21.3. The van der Waals surface area contributed by atoms with Gasteiger partial charge in [0.05, 0.1) is 12.8 Å². The molecule has 1 saturated heterocycles. The fraction of sp³-hybridized carbons (Fsp3) is 0.190. The molecule has 2 aliphatic rings. The molecule has 154 valence electrons. The van der Waals surface area contributed by atoms with Crippen LogP contribution in [0.15, 0.2) is 54.2 Å². The fourth-order valence-electron chi connectivity index (χ4n) is 3.28. The van der Waals surface area contributed by atoms with Crippen LogP contribution in [0.5, 0.6) is 17.2 Å². The number of fused-ring (bicyclic) bond motifs is 1. The lowest BCUT2D eigenvalue weighted by atomic mass is 9.99. The number of amides is 4. The third-order valence-corrected chi connectivity index (χ3v) is 4.78. The Hall–Kier alpha value is -4.01. The van der Waals surface area contributed by atoms with E-state index < -0.39 is 23.8 Å². The second-order valence-electron chi connectivity index (χ2n) is 6.54. The van der Waals surface area contributed by atoms with Gasteiger partial charge in [-0.25, -0.2) is 9.69 Å². The fourth-order valence-corrected chi connectivity index (χ4v) is 3.28. The number of urea groups is 1. The summed E-state index contributed by atoms with van der Waals surface area (Å²) >= 11 is 0. The van der Waals surface area contributed by atoms with Gasteiger partial charge in [0.1, 0.15) is 5.75 Å². The summed E-state index contributed by atoms with van der Waals surface area (Å²) in [5, 5.41) is 5.33. The molecule has 4 amide bonds. The van der Waals surface area contributed by atoms with Crippen molar-refractivity contribution >= 4 is 29.2 Å². The Labute approximate surface area is 172 Å². The summed E-state index contributed by atoms with van der Waals surface area (Å²) < 4.78 is 15.8. The highest BCUT2D eigenvalue weighted by molar-refractivity contribution is 6.29. The Bertz CT molecular complexity index is 1050. The van der Waals surface area contributed by atoms with Gasteiger partial charge in [-0.3, -0.25) is 14.9 Å². The van der Waals surface area contributed by atoms with Crippen LogP contribution >= 0.6 is 0 Å². The van der Waals surface area contributed by atoms with Crippen LogP contribution < -0.4 is 29.7 Å². The maximum absolute atomic E-state index is 13.2. The second kappa shape index (κ2) is 7.78. The number of allylic oxidation sites excluding steroid dienone is 1. The van der Waals surface area contributed by atoms with Crippen molar-refractivity contribution in [2.24, 2.45) is 5.92 Å². The molecule has 9 nitrogen and oxygen atoms in total. The number of carbonyl (C=O) groups excluding carboxylic acids is 3. The average molecular weight is 409 g/mol. The van der Waals surface area contributed by atoms with Crippen LogP contribution in [0.3, 0.4) is 0 Å². The lowest BCUT2D eigenvalue weighted by molar-refractivity contribution is -0.132. The highest BCUT2D eigenvalue weighted by atomic mass is 16.7. The molecule has 2 aromatic rings. The summed E-state index contributed by atoms with van der Waals surface area (Å²) in [6.45, 7) is 1.84. The number of methoxy groups -OCH3 is 1. The van der Waals surface area contributed by atoms with E-state index in [1.54, 1.807) is 55.5 Å². The molecule has 0 radical (unpaired) electrons. The van der Waals surface area contributed by atoms with Crippen LogP contribution in [0, 0.1) is 5.92 Å². The van der Waals surface area contributed by atoms with Gasteiger partial charge in [-0.2, -0.15) is 0 Å². The minimum Gasteiger partial charge on any atom is -0.497 e. The van der Waals surface area contributed by atoms with Crippen LogP contribution in [-0.2, 0) is 9.59 Å². The standard InChI is InChI=1S/C21H19N3O6/c1-3-15(22-12-4-9-16-17(10-12)30-11-29-16)18-19(25)23-21(27)24(20(18)26)13-5-7-14(28-2)8-6-13/h3-10,18,22H,11H2,1-2H3,(H,23,25,27)/b15-3-/t18-/m1/s1. The zero-order valence-electron chi connectivity index (χ0n) is 16.3. The third-order valence-electron chi connectivity index (χ3n) is 4.78. The quantitative estimate of drug-likeness (QED) is 0.731. The first-order chi connectivity index (χ1) is 14.5. The van der Waals surface area contributed by atoms with Crippen molar-refractivity contribution in [3.8, 4) is 17.2 Å². The molecule has 0 unspecified atom stereocenters. The monoisotopic (exact) mass is 409 g/mol. The molecule has 0 saturated carbocycles. The van der Waals surface area contributed by atoms with E-state index in [9.17, 15) is 14.4 Å². The van der Waals surface area contributed by atoms with Crippen molar-refractivity contribution in [3.05, 3.63) is 54.2 Å². The van der Waals surface area contributed by atoms with E-state index in [1.807, 2.05) is 0 Å². The smallest absolute Gasteiger partial charge is 0.335 e. The highest BCUT2D eigenvalue weighted by Crippen LogP contribution is 2.35. The molecule has 0 spiro atoms. The normalized spacial score (nSPS) is 18.3. The molecule has 0 bridgehead atoms. The van der Waals surface area contributed by atoms with E-state index in [0.29, 0.717) is 34.3 Å². The van der Waals surface area contributed by atoms with Crippen molar-refractivity contribution in [2.75, 3.05) is 24.1 Å². The van der Waals surface area contributed by atoms with Crippen LogP contribution in [0.4, 0.5) is 16.2 Å². The van der Waals surface area contributed by atoms with Crippen LogP contribution in [-0.4, -0.2) is 31.7 Å². The summed E-state index contributed by atoms with van der Waals surface area (Å²) in [5.41, 5.74) is 1.28. The lowest BCUT2D eigenvalue weighted by Crippen LogP contribution is -2.59. The number of anilines is 2. The van der Waals surface area contributed by atoms with Gasteiger partial charge >= 0.3 is 6.03 Å². The van der Waals surface area contributed by atoms with E-state index in [0.717, 1.165) is 4.90 Å². The SMILES string of the molecule is C/C=C(\Nc1ccc2c(c1)OCO2)[C@@H]1C(=O)NC(=O)N(c2ccc(OC)cc2)C1=O. The molecule has 4 rings (SSSR count). The topological polar surface area (TPSA) is 106 Å². The van der Waals surface area contributed by atoms with Gasteiger partial charge in [-0.1, -0.05) is 6.08 Å². The predicted octanol–water partition coefficient (Wildman–Crippen LogP) is 2.64. The molecule has 0 aromatic heterocycles. The first kappa shape index (κ1) is 19.3. The molecule has 2 aromatic carbocycles. The van der Waals surface area contributed by atoms with Crippen molar-refractivity contribution in [3.63, 3.8) is 0 Å². The number of nitrogens with one attached hydrogen (secondary N) is 2. The molecular formula is C21H19N3O6. The van der Waals surface area contributed by atoms with E-state index in [4.69, 9.17) is 14.2 Å². The summed E-state index contributed by atoms with van der Waals surface area (Å²) in [7, 11) is 1.52. The third kappa shape index (κ3) is 3.41. The number of carbonyl (C=O) groups is 3. The molecule has 1 atom stereocenters. The van der Waals surface area contributed by atoms with Crippen molar-refractivity contribution in [1.29, 1.82) is 0 Å². The summed E-state index contributed by atoms with van der Waals surface area (Å²) in [6, 6.07) is 10.8. The van der Waals surface area contributed by atoms with Gasteiger partial charge in [0.2, 0.25) is 12.7 Å². The second-order valence-corrected chi connectivity index (χ2v) is 6.54. The Morgan fingerprint density at radius 3 is 2.57 bits per heavy atom. The van der Waals surface area contributed by atoms with Crippen molar-refractivity contribution in [1.82, 2.24) is 5.32 Å². The first-order valence-corrected chi connectivity index (χ1v) is 9.17. The van der Waals surface area contributed by atoms with Crippen molar-refractivity contribution < 1.29 is 28.6 Å². The number of imide groups is 2. The highest BCUT2D eigenvalue weighted by Gasteiger charge is 2.43. The largest absolute Gasteiger partial charge is 0.497 e. The Morgan fingerprint density at radius 1 is 1.13 bits per heavy atom. The predicted molar refractivity (Wildman–Crippen MR) is 107 cm³/mol. The lowest BCUT2D eigenvalue weighted by Gasteiger charge is -2.31. The number of benzene rings is 2. The minimum atomic E-state index is -1.22. The van der Waals surface area contributed by atoms with E-state index in [2.05, 4.69) is 10.6 Å². The van der Waals surface area contributed by atoms with Gasteiger partial charge in [-0.15, -0.1) is 0 Å². The maximum atomic E-state index is 13.2. The molecule has 2 N–H and O–H groups in total. The van der Waals surface area contributed by atoms with Crippen LogP contribution in [0.1, 0.15) is 6.92 Å². The number of ether oxygens (including phenoxy) is 3. The number of hydrogen-bond acceptors (Lipinski definition) is 7. The molecule has 1 fully saturated rings. The van der Waals surface area contributed by atoms with E-state index in [-0.39, 0.29) is 6.79 Å². The number of nitrogens with zero attached hydrogens (tertiary/aromatic N) is 1. The number of rotatable bonds is 5. The van der Waals surface area contributed by atoms with Gasteiger partial charge < -0.3 is 19.5 Å². The minimum absolute atomic E-state index is 0.137. The Balaban J connectivity index is 1.61. The maximum Gasteiger partial charge on any atom is 0.335 e. The molecular weight excluding hydrogens is 390 g/mol. The van der Waals surface area contributed by atoms with Crippen LogP contribution in [0.25, 0.3) is 0 Å². The Kier molecular flexibility index (Phi) is 5.01. The average Bonchev–Trinajstić information content (AvgIpc) is 3.21. The van der Waals surface area contributed by atoms with Gasteiger partial charge in [0, 0.05) is 17.5 Å². The molecule has 9 heteroatoms. The van der Waals surface area contributed by atoms with E-state index in [1.165, 1.54) is 7.11 Å². The van der Waals surface area contributed by atoms with Gasteiger partial charge in [0.15, 0.2) is 17.4 Å². The molecule has 2 aliphatic heterocycles. The molecule has 30 heavy (non-hydrogen) atoms. The van der Waals surface area contributed by atoms with E-state index >= 15 is 0 Å². The zero-order valence-corrected chi connectivity index (χ0v) is 16.3. The number of hydrogen-bond donors (Lipinski definition) is 2. The summed E-state index contributed by atoms with van der Waals surface area (Å²) in [5.74, 6) is -0.822. The van der Waals surface area contributed by atoms with Crippen LogP contribution in [0.2, 0.25) is 0 Å². The Morgan fingerprint density at radius 2 is 1.87 bits per heavy atom. The van der Waals surface area contributed by atoms with Crippen molar-refractivity contribution in [2.45, 2.75) is 6.92 Å². The summed E-state index contributed by atoms with van der Waals surface area (Å²) in [6.07, 6.45) is 1.62. The number of barbiturate groups is 1. The molecule has 0 aliphatic carbocycles. The molecule has 2 heterocycles.